The average molecular weight is 345 g/mol. The number of carbonyl (C=O) groups is 1. The first-order valence-corrected chi connectivity index (χ1v) is 9.05. The lowest BCUT2D eigenvalue weighted by Gasteiger charge is -2.04. The molecule has 2 aromatic carbocycles. The van der Waals surface area contributed by atoms with E-state index in [0.717, 1.165) is 5.41 Å². The smallest absolute Gasteiger partial charge is 0.257 e. The molecule has 24 heavy (non-hydrogen) atoms. The number of nitrogens with one attached hydrogen (secondary N) is 1. The molecular formula is C18H16FNO3S. The fraction of sp³-hybridized carbons (Fsp3) is 0.167. The first-order chi connectivity index (χ1) is 11.5. The summed E-state index contributed by atoms with van der Waals surface area (Å²) in [7, 11) is -3.87. The monoisotopic (exact) mass is 345 g/mol. The Balaban J connectivity index is 1.63. The zero-order valence-electron chi connectivity index (χ0n) is 12.7. The number of hydrogen-bond acceptors (Lipinski definition) is 3. The van der Waals surface area contributed by atoms with Gasteiger partial charge in [0.15, 0.2) is 0 Å². The van der Waals surface area contributed by atoms with Crippen molar-refractivity contribution in [3.8, 4) is 0 Å². The Morgan fingerprint density at radius 1 is 1.08 bits per heavy atom. The van der Waals surface area contributed by atoms with Gasteiger partial charge in [0.05, 0.1) is 5.41 Å². The van der Waals surface area contributed by atoms with Gasteiger partial charge in [0.25, 0.3) is 10.0 Å². The van der Waals surface area contributed by atoms with Crippen LogP contribution in [0.1, 0.15) is 23.5 Å². The van der Waals surface area contributed by atoms with Gasteiger partial charge in [0, 0.05) is 5.92 Å². The maximum atomic E-state index is 13.7. The van der Waals surface area contributed by atoms with E-state index in [1.54, 1.807) is 42.5 Å². The van der Waals surface area contributed by atoms with Crippen LogP contribution in [0, 0.1) is 11.7 Å². The van der Waals surface area contributed by atoms with Gasteiger partial charge >= 0.3 is 0 Å². The fourth-order valence-electron chi connectivity index (χ4n) is 2.59. The highest BCUT2D eigenvalue weighted by molar-refractivity contribution is 7.93. The lowest BCUT2D eigenvalue weighted by Crippen LogP contribution is -2.30. The molecular weight excluding hydrogens is 329 g/mol. The quantitative estimate of drug-likeness (QED) is 0.906. The van der Waals surface area contributed by atoms with Crippen LogP contribution in [0.25, 0.3) is 6.08 Å². The molecule has 1 aliphatic rings. The van der Waals surface area contributed by atoms with Crippen molar-refractivity contribution in [2.24, 2.45) is 5.92 Å². The van der Waals surface area contributed by atoms with Crippen molar-refractivity contribution < 1.29 is 17.6 Å². The summed E-state index contributed by atoms with van der Waals surface area (Å²) < 4.78 is 39.7. The van der Waals surface area contributed by atoms with Gasteiger partial charge in [0.1, 0.15) is 5.82 Å². The number of sulfonamides is 1. The lowest BCUT2D eigenvalue weighted by molar-refractivity contribution is -0.120. The molecule has 124 valence electrons. The van der Waals surface area contributed by atoms with Gasteiger partial charge in [-0.15, -0.1) is 0 Å². The summed E-state index contributed by atoms with van der Waals surface area (Å²) in [5.74, 6) is -1.74. The van der Waals surface area contributed by atoms with E-state index in [-0.39, 0.29) is 11.7 Å². The summed E-state index contributed by atoms with van der Waals surface area (Å²) in [6, 6.07) is 15.1. The second-order valence-corrected chi connectivity index (χ2v) is 7.26. The van der Waals surface area contributed by atoms with E-state index in [1.807, 2.05) is 10.8 Å². The van der Waals surface area contributed by atoms with Crippen LogP contribution in [0.15, 0.2) is 60.0 Å². The van der Waals surface area contributed by atoms with Crippen LogP contribution in [0.3, 0.4) is 0 Å². The molecule has 0 radical (unpaired) electrons. The highest BCUT2D eigenvalue weighted by Gasteiger charge is 2.45. The zero-order chi connectivity index (χ0) is 17.2. The lowest BCUT2D eigenvalue weighted by atomic mass is 10.1. The molecule has 1 saturated carbocycles. The van der Waals surface area contributed by atoms with Gasteiger partial charge in [-0.05, 0) is 35.6 Å². The second kappa shape index (κ2) is 6.57. The standard InChI is InChI=1S/C18H16FNO3S/c19-17-9-5-4-8-14(17)15-12-16(15)18(21)20-24(22,23)11-10-13-6-2-1-3-7-13/h1-11,15-16H,12H2,(H,20,21). The van der Waals surface area contributed by atoms with E-state index in [1.165, 1.54) is 12.1 Å². The van der Waals surface area contributed by atoms with E-state index in [9.17, 15) is 17.6 Å². The van der Waals surface area contributed by atoms with Crippen molar-refractivity contribution in [2.45, 2.75) is 12.3 Å². The number of hydrogen-bond donors (Lipinski definition) is 1. The van der Waals surface area contributed by atoms with Crippen LogP contribution < -0.4 is 4.72 Å². The van der Waals surface area contributed by atoms with Crippen LogP contribution in [0.4, 0.5) is 4.39 Å². The van der Waals surface area contributed by atoms with Crippen LogP contribution in [0.2, 0.25) is 0 Å². The molecule has 1 aliphatic carbocycles. The topological polar surface area (TPSA) is 63.2 Å². The Morgan fingerprint density at radius 3 is 2.46 bits per heavy atom. The number of benzene rings is 2. The Labute approximate surface area is 140 Å². The molecule has 2 atom stereocenters. The van der Waals surface area contributed by atoms with Crippen molar-refractivity contribution in [1.29, 1.82) is 0 Å². The summed E-state index contributed by atoms with van der Waals surface area (Å²) in [4.78, 5) is 12.1. The molecule has 0 aliphatic heterocycles. The van der Waals surface area contributed by atoms with E-state index in [4.69, 9.17) is 0 Å². The van der Waals surface area contributed by atoms with E-state index >= 15 is 0 Å². The van der Waals surface area contributed by atoms with Gasteiger partial charge in [-0.3, -0.25) is 4.79 Å². The first-order valence-electron chi connectivity index (χ1n) is 7.50. The SMILES string of the molecule is O=C(NS(=O)(=O)C=Cc1ccccc1)C1CC1c1ccccc1F. The molecule has 0 heterocycles. The minimum absolute atomic E-state index is 0.264. The number of amides is 1. The predicted octanol–water partition coefficient (Wildman–Crippen LogP) is 3.05. The Bertz CT molecular complexity index is 878. The van der Waals surface area contributed by atoms with Crippen LogP contribution >= 0.6 is 0 Å². The van der Waals surface area contributed by atoms with Gasteiger partial charge < -0.3 is 0 Å². The maximum Gasteiger partial charge on any atom is 0.257 e. The van der Waals surface area contributed by atoms with Crippen molar-refractivity contribution in [1.82, 2.24) is 4.72 Å². The molecule has 0 bridgehead atoms. The van der Waals surface area contributed by atoms with Gasteiger partial charge in [-0.2, -0.15) is 0 Å². The molecule has 0 saturated heterocycles. The molecule has 2 aromatic rings. The molecule has 2 unspecified atom stereocenters. The summed E-state index contributed by atoms with van der Waals surface area (Å²) >= 11 is 0. The number of carbonyl (C=O) groups excluding carboxylic acids is 1. The summed E-state index contributed by atoms with van der Waals surface area (Å²) in [6.07, 6.45) is 1.86. The Morgan fingerprint density at radius 2 is 1.75 bits per heavy atom. The van der Waals surface area contributed by atoms with Crippen LogP contribution in [0.5, 0.6) is 0 Å². The predicted molar refractivity (Wildman–Crippen MR) is 89.8 cm³/mol. The minimum atomic E-state index is -3.87. The van der Waals surface area contributed by atoms with Crippen molar-refractivity contribution in [2.75, 3.05) is 0 Å². The molecule has 1 N–H and O–H groups in total. The minimum Gasteiger partial charge on any atom is -0.274 e. The summed E-state index contributed by atoms with van der Waals surface area (Å²) in [5.41, 5.74) is 1.17. The number of rotatable bonds is 5. The molecule has 1 fully saturated rings. The highest BCUT2D eigenvalue weighted by atomic mass is 32.2. The third kappa shape index (κ3) is 3.89. The first kappa shape index (κ1) is 16.4. The van der Waals surface area contributed by atoms with E-state index in [2.05, 4.69) is 0 Å². The van der Waals surface area contributed by atoms with Crippen LogP contribution in [-0.2, 0) is 14.8 Å². The average Bonchev–Trinajstić information content (AvgIpc) is 3.35. The summed E-state index contributed by atoms with van der Waals surface area (Å²) in [6.45, 7) is 0. The third-order valence-corrected chi connectivity index (χ3v) is 4.89. The van der Waals surface area contributed by atoms with Crippen molar-refractivity contribution in [3.05, 3.63) is 76.9 Å². The fourth-order valence-corrected chi connectivity index (χ4v) is 3.42. The van der Waals surface area contributed by atoms with Crippen molar-refractivity contribution in [3.63, 3.8) is 0 Å². The highest BCUT2D eigenvalue weighted by Crippen LogP contribution is 2.48. The normalized spacial score (nSPS) is 20.0. The molecule has 4 nitrogen and oxygen atoms in total. The maximum absolute atomic E-state index is 13.7. The van der Waals surface area contributed by atoms with E-state index < -0.39 is 21.8 Å². The summed E-state index contributed by atoms with van der Waals surface area (Å²) in [5, 5.41) is 0.959. The zero-order valence-corrected chi connectivity index (χ0v) is 13.5. The van der Waals surface area contributed by atoms with Gasteiger partial charge in [-0.25, -0.2) is 17.5 Å². The molecule has 6 heteroatoms. The second-order valence-electron chi connectivity index (χ2n) is 5.69. The third-order valence-electron chi connectivity index (χ3n) is 3.91. The Kier molecular flexibility index (Phi) is 4.49. The van der Waals surface area contributed by atoms with Crippen LogP contribution in [-0.4, -0.2) is 14.3 Å². The van der Waals surface area contributed by atoms with Gasteiger partial charge in [-0.1, -0.05) is 48.5 Å². The molecule has 0 aromatic heterocycles. The Hall–Kier alpha value is -2.47. The van der Waals surface area contributed by atoms with E-state index in [0.29, 0.717) is 17.5 Å². The van der Waals surface area contributed by atoms with Crippen molar-refractivity contribution >= 4 is 22.0 Å². The largest absolute Gasteiger partial charge is 0.274 e. The molecule has 3 rings (SSSR count). The van der Waals surface area contributed by atoms with Gasteiger partial charge in [0.2, 0.25) is 5.91 Å². The molecule has 1 amide bonds. The molecule has 0 spiro atoms. The number of halogens is 1.